The minimum atomic E-state index is -0.111. The van der Waals surface area contributed by atoms with E-state index in [-0.39, 0.29) is 17.6 Å². The third kappa shape index (κ3) is 4.20. The van der Waals surface area contributed by atoms with E-state index in [4.69, 9.17) is 11.6 Å². The number of halogens is 1. The lowest BCUT2D eigenvalue weighted by atomic mass is 9.96. The minimum absolute atomic E-state index is 0.0128. The van der Waals surface area contributed by atoms with E-state index < -0.39 is 0 Å². The fourth-order valence-electron chi connectivity index (χ4n) is 3.03. The summed E-state index contributed by atoms with van der Waals surface area (Å²) in [7, 11) is 0. The molecule has 0 bridgehead atoms. The molecule has 0 radical (unpaired) electrons. The van der Waals surface area contributed by atoms with E-state index >= 15 is 0 Å². The van der Waals surface area contributed by atoms with Crippen LogP contribution in [0.3, 0.4) is 0 Å². The Labute approximate surface area is 151 Å². The summed E-state index contributed by atoms with van der Waals surface area (Å²) in [5.41, 5.74) is 2.23. The van der Waals surface area contributed by atoms with Crippen LogP contribution in [0.2, 0.25) is 5.02 Å². The predicted octanol–water partition coefficient (Wildman–Crippen LogP) is 3.31. The number of aryl methyl sites for hydroxylation is 2. The molecular weight excluding hydrogens is 340 g/mol. The topological polar surface area (TPSA) is 78.4 Å². The molecule has 1 saturated heterocycles. The number of phenolic OH excluding ortho intramolecular Hbond substituents is 1. The maximum atomic E-state index is 12.5. The quantitative estimate of drug-likeness (QED) is 0.821. The lowest BCUT2D eigenvalue weighted by Gasteiger charge is -2.31. The number of aromatic nitrogens is 2. The highest BCUT2D eigenvalue weighted by atomic mass is 35.5. The average Bonchev–Trinajstić information content (AvgIpc) is 2.57. The Bertz CT molecular complexity index is 768. The molecule has 2 heterocycles. The number of piperidine rings is 1. The van der Waals surface area contributed by atoms with E-state index in [1.165, 1.54) is 6.07 Å². The van der Waals surface area contributed by atoms with Gasteiger partial charge >= 0.3 is 0 Å². The number of nitrogens with zero attached hydrogens (tertiary/aromatic N) is 3. The first-order chi connectivity index (χ1) is 11.9. The largest absolute Gasteiger partial charge is 0.506 e. The Hall–Kier alpha value is -2.34. The van der Waals surface area contributed by atoms with Crippen LogP contribution < -0.4 is 10.2 Å². The molecule has 0 aliphatic carbocycles. The van der Waals surface area contributed by atoms with Gasteiger partial charge in [0.1, 0.15) is 5.75 Å². The third-order valence-electron chi connectivity index (χ3n) is 4.34. The Morgan fingerprint density at radius 1 is 1.20 bits per heavy atom. The normalized spacial score (nSPS) is 15.2. The van der Waals surface area contributed by atoms with Crippen LogP contribution in [0.1, 0.15) is 24.2 Å². The first kappa shape index (κ1) is 17.5. The van der Waals surface area contributed by atoms with Gasteiger partial charge < -0.3 is 15.3 Å². The fourth-order valence-corrected chi connectivity index (χ4v) is 3.21. The maximum Gasteiger partial charge on any atom is 0.227 e. The monoisotopic (exact) mass is 360 g/mol. The molecule has 132 valence electrons. The van der Waals surface area contributed by atoms with Crippen LogP contribution in [0.4, 0.5) is 11.6 Å². The van der Waals surface area contributed by atoms with E-state index in [0.717, 1.165) is 30.4 Å². The molecule has 0 saturated carbocycles. The lowest BCUT2D eigenvalue weighted by molar-refractivity contribution is -0.120. The van der Waals surface area contributed by atoms with Crippen molar-refractivity contribution in [3.05, 3.63) is 40.7 Å². The summed E-state index contributed by atoms with van der Waals surface area (Å²) in [5.74, 6) is 0.529. The van der Waals surface area contributed by atoms with Crippen LogP contribution in [0.15, 0.2) is 24.3 Å². The van der Waals surface area contributed by atoms with Crippen molar-refractivity contribution in [1.29, 1.82) is 0 Å². The molecule has 1 aromatic heterocycles. The number of hydrogen-bond acceptors (Lipinski definition) is 5. The third-order valence-corrected chi connectivity index (χ3v) is 4.57. The molecule has 3 rings (SSSR count). The number of phenols is 1. The van der Waals surface area contributed by atoms with Gasteiger partial charge in [0.2, 0.25) is 11.9 Å². The number of rotatable bonds is 3. The van der Waals surface area contributed by atoms with Crippen LogP contribution >= 0.6 is 11.6 Å². The molecule has 0 spiro atoms. The molecule has 7 heteroatoms. The smallest absolute Gasteiger partial charge is 0.227 e. The first-order valence-corrected chi connectivity index (χ1v) is 8.67. The molecule has 1 aliphatic rings. The van der Waals surface area contributed by atoms with Crippen molar-refractivity contribution < 1.29 is 9.90 Å². The van der Waals surface area contributed by atoms with Crippen molar-refractivity contribution in [2.75, 3.05) is 23.3 Å². The predicted molar refractivity (Wildman–Crippen MR) is 98.2 cm³/mol. The summed E-state index contributed by atoms with van der Waals surface area (Å²) in [4.78, 5) is 23.5. The zero-order valence-electron chi connectivity index (χ0n) is 14.3. The second kappa shape index (κ2) is 7.27. The van der Waals surface area contributed by atoms with Crippen molar-refractivity contribution in [2.24, 2.45) is 5.92 Å². The SMILES string of the molecule is Cc1cc(C)nc(N2CCC(C(=O)Nc3cc(Cl)ccc3O)CC2)n1. The van der Waals surface area contributed by atoms with Gasteiger partial charge in [0, 0.05) is 35.4 Å². The number of hydrogen-bond donors (Lipinski definition) is 2. The van der Waals surface area contributed by atoms with E-state index in [2.05, 4.69) is 20.2 Å². The zero-order valence-corrected chi connectivity index (χ0v) is 15.0. The number of carbonyl (C=O) groups is 1. The number of nitrogens with one attached hydrogen (secondary N) is 1. The summed E-state index contributed by atoms with van der Waals surface area (Å²) in [6.07, 6.45) is 1.42. The minimum Gasteiger partial charge on any atom is -0.506 e. The number of anilines is 2. The highest BCUT2D eigenvalue weighted by Gasteiger charge is 2.26. The molecule has 1 fully saturated rings. The molecule has 25 heavy (non-hydrogen) atoms. The summed E-state index contributed by atoms with van der Waals surface area (Å²) in [6, 6.07) is 6.54. The molecule has 6 nitrogen and oxygen atoms in total. The Kier molecular flexibility index (Phi) is 5.08. The molecular formula is C18H21ClN4O2. The van der Waals surface area contributed by atoms with Crippen LogP contribution in [-0.4, -0.2) is 34.1 Å². The average molecular weight is 361 g/mol. The fraction of sp³-hybridized carbons (Fsp3) is 0.389. The van der Waals surface area contributed by atoms with Gasteiger partial charge in [-0.25, -0.2) is 9.97 Å². The molecule has 0 unspecified atom stereocenters. The van der Waals surface area contributed by atoms with E-state index in [1.54, 1.807) is 12.1 Å². The van der Waals surface area contributed by atoms with Gasteiger partial charge in [0.25, 0.3) is 0 Å². The second-order valence-corrected chi connectivity index (χ2v) is 6.80. The summed E-state index contributed by atoms with van der Waals surface area (Å²) < 4.78 is 0. The number of benzene rings is 1. The number of carbonyl (C=O) groups excluding carboxylic acids is 1. The van der Waals surface area contributed by atoms with E-state index in [1.807, 2.05) is 19.9 Å². The lowest BCUT2D eigenvalue weighted by Crippen LogP contribution is -2.39. The maximum absolute atomic E-state index is 12.5. The summed E-state index contributed by atoms with van der Waals surface area (Å²) in [6.45, 7) is 5.36. The van der Waals surface area contributed by atoms with Crippen LogP contribution in [-0.2, 0) is 4.79 Å². The Morgan fingerprint density at radius 2 is 1.84 bits per heavy atom. The van der Waals surface area contributed by atoms with E-state index in [9.17, 15) is 9.90 Å². The van der Waals surface area contributed by atoms with Gasteiger partial charge in [-0.2, -0.15) is 0 Å². The highest BCUT2D eigenvalue weighted by molar-refractivity contribution is 6.31. The Morgan fingerprint density at radius 3 is 2.48 bits per heavy atom. The van der Waals surface area contributed by atoms with Crippen molar-refractivity contribution in [1.82, 2.24) is 9.97 Å². The molecule has 1 amide bonds. The van der Waals surface area contributed by atoms with Gasteiger partial charge in [-0.1, -0.05) is 11.6 Å². The Balaban J connectivity index is 1.61. The van der Waals surface area contributed by atoms with Crippen LogP contribution in [0.5, 0.6) is 5.75 Å². The summed E-state index contributed by atoms with van der Waals surface area (Å²) in [5, 5.41) is 13.1. The van der Waals surface area contributed by atoms with Crippen molar-refractivity contribution in [2.45, 2.75) is 26.7 Å². The second-order valence-electron chi connectivity index (χ2n) is 6.36. The van der Waals surface area contributed by atoms with Crippen molar-refractivity contribution in [3.63, 3.8) is 0 Å². The standard InChI is InChI=1S/C18H21ClN4O2/c1-11-9-12(2)21-18(20-11)23-7-5-13(6-8-23)17(25)22-15-10-14(19)3-4-16(15)24/h3-4,9-10,13,24H,5-8H2,1-2H3,(H,22,25). The van der Waals surface area contributed by atoms with Crippen LogP contribution in [0.25, 0.3) is 0 Å². The number of aromatic hydroxyl groups is 1. The van der Waals surface area contributed by atoms with Crippen molar-refractivity contribution >= 4 is 29.1 Å². The molecule has 1 aliphatic heterocycles. The zero-order chi connectivity index (χ0) is 18.0. The van der Waals surface area contributed by atoms with Gasteiger partial charge in [-0.15, -0.1) is 0 Å². The number of amides is 1. The van der Waals surface area contributed by atoms with Gasteiger partial charge in [0.15, 0.2) is 0 Å². The van der Waals surface area contributed by atoms with Gasteiger partial charge in [0.05, 0.1) is 5.69 Å². The molecule has 2 N–H and O–H groups in total. The molecule has 2 aromatic rings. The van der Waals surface area contributed by atoms with Crippen LogP contribution in [0, 0.1) is 19.8 Å². The van der Waals surface area contributed by atoms with Gasteiger partial charge in [-0.3, -0.25) is 4.79 Å². The van der Waals surface area contributed by atoms with Gasteiger partial charge in [-0.05, 0) is 51.0 Å². The van der Waals surface area contributed by atoms with E-state index in [0.29, 0.717) is 23.6 Å². The molecule has 0 atom stereocenters. The highest BCUT2D eigenvalue weighted by Crippen LogP contribution is 2.28. The van der Waals surface area contributed by atoms with Crippen molar-refractivity contribution in [3.8, 4) is 5.75 Å². The summed E-state index contributed by atoms with van der Waals surface area (Å²) >= 11 is 5.92. The first-order valence-electron chi connectivity index (χ1n) is 8.29. The molecule has 1 aromatic carbocycles.